The molecule has 0 saturated carbocycles. The summed E-state index contributed by atoms with van der Waals surface area (Å²) in [5.41, 5.74) is 2.31. The van der Waals surface area contributed by atoms with Crippen LogP contribution >= 0.6 is 0 Å². The van der Waals surface area contributed by atoms with Crippen LogP contribution in [0.4, 0.5) is 0 Å². The van der Waals surface area contributed by atoms with Crippen molar-refractivity contribution in [3.63, 3.8) is 0 Å². The Kier molecular flexibility index (Phi) is 7.72. The van der Waals surface area contributed by atoms with Crippen LogP contribution in [0.15, 0.2) is 24.3 Å². The number of rotatable bonds is 9. The summed E-state index contributed by atoms with van der Waals surface area (Å²) in [7, 11) is 1.70. The van der Waals surface area contributed by atoms with Crippen molar-refractivity contribution in [2.45, 2.75) is 45.3 Å². The molecule has 2 N–H and O–H groups in total. The van der Waals surface area contributed by atoms with Gasteiger partial charge >= 0.3 is 0 Å². The number of hydrogen-bond donors (Lipinski definition) is 2. The molecular weight excluding hydrogens is 238 g/mol. The third kappa shape index (κ3) is 5.72. The summed E-state index contributed by atoms with van der Waals surface area (Å²) in [4.78, 5) is 0. The van der Waals surface area contributed by atoms with E-state index >= 15 is 0 Å². The summed E-state index contributed by atoms with van der Waals surface area (Å²) in [5, 5.41) is 13.6. The van der Waals surface area contributed by atoms with Gasteiger partial charge in [-0.3, -0.25) is 0 Å². The zero-order chi connectivity index (χ0) is 14.1. The Morgan fingerprint density at radius 2 is 1.95 bits per heavy atom. The van der Waals surface area contributed by atoms with Gasteiger partial charge < -0.3 is 15.2 Å². The Morgan fingerprint density at radius 3 is 2.53 bits per heavy atom. The molecule has 19 heavy (non-hydrogen) atoms. The summed E-state index contributed by atoms with van der Waals surface area (Å²) in [6, 6.07) is 8.33. The predicted octanol–water partition coefficient (Wildman–Crippen LogP) is 2.69. The van der Waals surface area contributed by atoms with E-state index < -0.39 is 6.10 Å². The molecular formula is C16H27NO2. The maximum atomic E-state index is 10.3. The number of aliphatic hydroxyl groups excluding tert-OH is 1. The SMILES string of the molecule is CCCc1ccc(C(O)C(C)NCCCOC)cc1. The Bertz CT molecular complexity index is 337. The highest BCUT2D eigenvalue weighted by Crippen LogP contribution is 2.18. The maximum Gasteiger partial charge on any atom is 0.0940 e. The predicted molar refractivity (Wildman–Crippen MR) is 79.4 cm³/mol. The van der Waals surface area contributed by atoms with E-state index in [0.717, 1.165) is 38.0 Å². The van der Waals surface area contributed by atoms with Crippen molar-refractivity contribution in [2.75, 3.05) is 20.3 Å². The molecule has 1 rings (SSSR count). The van der Waals surface area contributed by atoms with Crippen LogP contribution in [0, 0.1) is 0 Å². The highest BCUT2D eigenvalue weighted by molar-refractivity contribution is 5.25. The van der Waals surface area contributed by atoms with Gasteiger partial charge in [0.15, 0.2) is 0 Å². The lowest BCUT2D eigenvalue weighted by Crippen LogP contribution is -2.33. The molecule has 0 fully saturated rings. The molecule has 3 heteroatoms. The van der Waals surface area contributed by atoms with E-state index in [-0.39, 0.29) is 6.04 Å². The number of methoxy groups -OCH3 is 1. The summed E-state index contributed by atoms with van der Waals surface area (Å²) in [6.07, 6.45) is 2.75. The van der Waals surface area contributed by atoms with E-state index in [2.05, 4.69) is 24.4 Å². The molecule has 0 saturated heterocycles. The molecule has 2 atom stereocenters. The van der Waals surface area contributed by atoms with Crippen molar-refractivity contribution in [3.8, 4) is 0 Å². The molecule has 1 aromatic rings. The van der Waals surface area contributed by atoms with Crippen molar-refractivity contribution in [2.24, 2.45) is 0 Å². The second-order valence-corrected chi connectivity index (χ2v) is 5.03. The number of benzene rings is 1. The van der Waals surface area contributed by atoms with E-state index in [1.165, 1.54) is 5.56 Å². The molecule has 0 radical (unpaired) electrons. The molecule has 0 aliphatic heterocycles. The second kappa shape index (κ2) is 9.08. The first-order valence-corrected chi connectivity index (χ1v) is 7.18. The Morgan fingerprint density at radius 1 is 1.26 bits per heavy atom. The van der Waals surface area contributed by atoms with Gasteiger partial charge in [0, 0.05) is 19.8 Å². The van der Waals surface area contributed by atoms with Gasteiger partial charge in [-0.15, -0.1) is 0 Å². The van der Waals surface area contributed by atoms with Gasteiger partial charge in [-0.1, -0.05) is 37.6 Å². The van der Waals surface area contributed by atoms with Crippen LogP contribution in [0.25, 0.3) is 0 Å². The Balaban J connectivity index is 2.44. The van der Waals surface area contributed by atoms with Crippen LogP contribution in [-0.2, 0) is 11.2 Å². The standard InChI is InChI=1S/C16H27NO2/c1-4-6-14-7-9-15(10-8-14)16(18)13(2)17-11-5-12-19-3/h7-10,13,16-18H,4-6,11-12H2,1-3H3. The number of aliphatic hydroxyl groups is 1. The van der Waals surface area contributed by atoms with Crippen LogP contribution in [0.1, 0.15) is 43.9 Å². The molecule has 2 unspecified atom stereocenters. The highest BCUT2D eigenvalue weighted by atomic mass is 16.5. The first-order chi connectivity index (χ1) is 9.19. The van der Waals surface area contributed by atoms with E-state index in [9.17, 15) is 5.11 Å². The maximum absolute atomic E-state index is 10.3. The average molecular weight is 265 g/mol. The summed E-state index contributed by atoms with van der Waals surface area (Å²) in [5.74, 6) is 0. The number of nitrogens with one attached hydrogen (secondary N) is 1. The molecule has 0 aromatic heterocycles. The summed E-state index contributed by atoms with van der Waals surface area (Å²) in [6.45, 7) is 5.80. The minimum absolute atomic E-state index is 0.0499. The summed E-state index contributed by atoms with van der Waals surface area (Å²) < 4.78 is 5.00. The normalized spacial score (nSPS) is 14.3. The van der Waals surface area contributed by atoms with Crippen LogP contribution in [0.2, 0.25) is 0 Å². The monoisotopic (exact) mass is 265 g/mol. The lowest BCUT2D eigenvalue weighted by Gasteiger charge is -2.21. The Hall–Kier alpha value is -0.900. The third-order valence-corrected chi connectivity index (χ3v) is 3.33. The minimum atomic E-state index is -0.460. The molecule has 0 aliphatic carbocycles. The fourth-order valence-electron chi connectivity index (χ4n) is 2.12. The number of aryl methyl sites for hydroxylation is 1. The third-order valence-electron chi connectivity index (χ3n) is 3.33. The van der Waals surface area contributed by atoms with Crippen molar-refractivity contribution < 1.29 is 9.84 Å². The van der Waals surface area contributed by atoms with Crippen LogP contribution in [0.5, 0.6) is 0 Å². The van der Waals surface area contributed by atoms with Gasteiger partial charge in [0.1, 0.15) is 0 Å². The lowest BCUT2D eigenvalue weighted by molar-refractivity contribution is 0.132. The minimum Gasteiger partial charge on any atom is -0.387 e. The van der Waals surface area contributed by atoms with E-state index in [0.29, 0.717) is 0 Å². The second-order valence-electron chi connectivity index (χ2n) is 5.03. The fraction of sp³-hybridized carbons (Fsp3) is 0.625. The zero-order valence-electron chi connectivity index (χ0n) is 12.4. The first kappa shape index (κ1) is 16.2. The van der Waals surface area contributed by atoms with E-state index in [1.807, 2.05) is 19.1 Å². The topological polar surface area (TPSA) is 41.5 Å². The summed E-state index contributed by atoms with van der Waals surface area (Å²) >= 11 is 0. The van der Waals surface area contributed by atoms with Gasteiger partial charge in [-0.05, 0) is 37.4 Å². The van der Waals surface area contributed by atoms with Gasteiger partial charge in [0.05, 0.1) is 6.10 Å². The number of ether oxygens (including phenoxy) is 1. The van der Waals surface area contributed by atoms with E-state index in [1.54, 1.807) is 7.11 Å². The molecule has 0 spiro atoms. The molecule has 0 bridgehead atoms. The zero-order valence-corrected chi connectivity index (χ0v) is 12.4. The number of hydrogen-bond acceptors (Lipinski definition) is 3. The van der Waals surface area contributed by atoms with Gasteiger partial charge in [0.2, 0.25) is 0 Å². The van der Waals surface area contributed by atoms with Crippen molar-refractivity contribution >= 4 is 0 Å². The van der Waals surface area contributed by atoms with Crippen LogP contribution in [-0.4, -0.2) is 31.4 Å². The Labute approximate surface area is 117 Å². The molecule has 0 aliphatic rings. The van der Waals surface area contributed by atoms with E-state index in [4.69, 9.17) is 4.74 Å². The average Bonchev–Trinajstić information content (AvgIpc) is 2.44. The van der Waals surface area contributed by atoms with Crippen molar-refractivity contribution in [3.05, 3.63) is 35.4 Å². The van der Waals surface area contributed by atoms with Gasteiger partial charge in [-0.2, -0.15) is 0 Å². The molecule has 0 amide bonds. The smallest absolute Gasteiger partial charge is 0.0940 e. The highest BCUT2D eigenvalue weighted by Gasteiger charge is 2.15. The fourth-order valence-corrected chi connectivity index (χ4v) is 2.12. The molecule has 1 aromatic carbocycles. The molecule has 108 valence electrons. The largest absolute Gasteiger partial charge is 0.387 e. The molecule has 3 nitrogen and oxygen atoms in total. The first-order valence-electron chi connectivity index (χ1n) is 7.18. The van der Waals surface area contributed by atoms with Gasteiger partial charge in [-0.25, -0.2) is 0 Å². The molecule has 0 heterocycles. The van der Waals surface area contributed by atoms with Crippen molar-refractivity contribution in [1.29, 1.82) is 0 Å². The van der Waals surface area contributed by atoms with Crippen molar-refractivity contribution in [1.82, 2.24) is 5.32 Å². The lowest BCUT2D eigenvalue weighted by atomic mass is 10.0. The van der Waals surface area contributed by atoms with Crippen LogP contribution in [0.3, 0.4) is 0 Å². The van der Waals surface area contributed by atoms with Gasteiger partial charge in [0.25, 0.3) is 0 Å². The van der Waals surface area contributed by atoms with Crippen LogP contribution < -0.4 is 5.32 Å². The quantitative estimate of drug-likeness (QED) is 0.675.